The molecule has 440 valence electrons. The molecule has 0 radical (unpaired) electrons. The van der Waals surface area contributed by atoms with E-state index in [2.05, 4.69) is 93.7 Å². The van der Waals surface area contributed by atoms with Gasteiger partial charge in [-0.3, -0.25) is 14.4 Å². The van der Waals surface area contributed by atoms with Crippen LogP contribution in [0.15, 0.2) is 72.9 Å². The van der Waals surface area contributed by atoms with Crippen LogP contribution in [0.4, 0.5) is 0 Å². The van der Waals surface area contributed by atoms with Crippen LogP contribution < -0.4 is 0 Å². The Morgan fingerprint density at radius 1 is 0.263 bits per heavy atom. The van der Waals surface area contributed by atoms with Crippen LogP contribution in [-0.2, 0) is 28.6 Å². The predicted molar refractivity (Wildman–Crippen MR) is 330 cm³/mol. The zero-order valence-corrected chi connectivity index (χ0v) is 50.5. The molecule has 1 atom stereocenters. The van der Waals surface area contributed by atoms with Crippen molar-refractivity contribution in [3.05, 3.63) is 72.9 Å². The normalized spacial score (nSPS) is 12.5. The molecule has 0 amide bonds. The first-order valence-electron chi connectivity index (χ1n) is 32.9. The van der Waals surface area contributed by atoms with Crippen molar-refractivity contribution in [1.82, 2.24) is 0 Å². The highest BCUT2D eigenvalue weighted by molar-refractivity contribution is 5.71. The third-order valence-corrected chi connectivity index (χ3v) is 14.4. The Labute approximate surface area is 472 Å². The van der Waals surface area contributed by atoms with Gasteiger partial charge in [-0.05, 0) is 109 Å². The minimum absolute atomic E-state index is 0.0814. The van der Waals surface area contributed by atoms with Crippen molar-refractivity contribution in [3.8, 4) is 0 Å². The van der Waals surface area contributed by atoms with E-state index in [1.54, 1.807) is 0 Å². The minimum Gasteiger partial charge on any atom is -0.462 e. The van der Waals surface area contributed by atoms with Crippen LogP contribution in [0.5, 0.6) is 0 Å². The summed E-state index contributed by atoms with van der Waals surface area (Å²) in [6, 6.07) is 0. The number of hydrogen-bond acceptors (Lipinski definition) is 6. The van der Waals surface area contributed by atoms with Crippen LogP contribution in [0, 0.1) is 0 Å². The first-order chi connectivity index (χ1) is 37.5. The lowest BCUT2D eigenvalue weighted by Crippen LogP contribution is -2.30. The molecule has 0 saturated heterocycles. The van der Waals surface area contributed by atoms with Gasteiger partial charge in [-0.2, -0.15) is 0 Å². The summed E-state index contributed by atoms with van der Waals surface area (Å²) in [6.45, 7) is 6.57. The van der Waals surface area contributed by atoms with Crippen molar-refractivity contribution in [2.24, 2.45) is 0 Å². The SMILES string of the molecule is CCC/C=C\C/C=C\CCCCCCCC(=O)OCC(COC(=O)CCCCCCCCCCCCCCCCC/C=C\C/C=C\CCCCCCC)OC(=O)CCCCCCCCC/C=C\C/C=C\CCCCCC. The highest BCUT2D eigenvalue weighted by Crippen LogP contribution is 2.17. The molecule has 0 fully saturated rings. The molecule has 6 heteroatoms. The standard InChI is InChI=1S/C70H124O6/c1-4-7-10-13-16-19-22-25-27-29-31-32-33-34-35-36-37-38-39-41-42-45-48-51-54-57-60-63-69(72)75-66-67(65-74-68(71)62-59-56-53-50-47-44-24-21-18-15-12-9-6-3)76-70(73)64-61-58-55-52-49-46-43-40-30-28-26-23-20-17-14-11-8-5-2/h12,15,20-25,28-31,67H,4-11,13-14,16-19,26-27,32-66H2,1-3H3/b15-12-,23-20-,24-21-,25-22-,30-28-,31-29-. The van der Waals surface area contributed by atoms with Crippen LogP contribution in [0.1, 0.15) is 335 Å². The molecule has 76 heavy (non-hydrogen) atoms. The first kappa shape index (κ1) is 72.8. The quantitative estimate of drug-likeness (QED) is 0.0261. The molecular formula is C70H124O6. The van der Waals surface area contributed by atoms with Crippen molar-refractivity contribution >= 4 is 17.9 Å². The molecule has 0 aliphatic carbocycles. The smallest absolute Gasteiger partial charge is 0.306 e. The second-order valence-corrected chi connectivity index (χ2v) is 22.0. The van der Waals surface area contributed by atoms with Crippen LogP contribution in [0.25, 0.3) is 0 Å². The van der Waals surface area contributed by atoms with E-state index in [4.69, 9.17) is 14.2 Å². The number of esters is 3. The maximum Gasteiger partial charge on any atom is 0.306 e. The number of carbonyl (C=O) groups excluding carboxylic acids is 3. The number of ether oxygens (including phenoxy) is 3. The number of allylic oxidation sites excluding steroid dienone is 12. The van der Waals surface area contributed by atoms with Gasteiger partial charge in [0.05, 0.1) is 0 Å². The average molecular weight is 1060 g/mol. The third kappa shape index (κ3) is 61.7. The summed E-state index contributed by atoms with van der Waals surface area (Å²) in [5.74, 6) is -0.890. The largest absolute Gasteiger partial charge is 0.462 e. The molecule has 0 rings (SSSR count). The summed E-state index contributed by atoms with van der Waals surface area (Å²) in [6.07, 6.45) is 83.4. The molecule has 1 unspecified atom stereocenters. The van der Waals surface area contributed by atoms with Gasteiger partial charge in [0, 0.05) is 19.3 Å². The van der Waals surface area contributed by atoms with E-state index in [1.807, 2.05) is 0 Å². The monoisotopic (exact) mass is 1060 g/mol. The molecule has 6 nitrogen and oxygen atoms in total. The highest BCUT2D eigenvalue weighted by atomic mass is 16.6. The maximum absolute atomic E-state index is 12.9. The first-order valence-corrected chi connectivity index (χ1v) is 32.9. The highest BCUT2D eigenvalue weighted by Gasteiger charge is 2.19. The lowest BCUT2D eigenvalue weighted by Gasteiger charge is -2.18. The van der Waals surface area contributed by atoms with Gasteiger partial charge in [-0.15, -0.1) is 0 Å². The van der Waals surface area contributed by atoms with Crippen molar-refractivity contribution in [3.63, 3.8) is 0 Å². The zero-order chi connectivity index (χ0) is 55.0. The molecule has 0 saturated carbocycles. The Bertz CT molecular complexity index is 1400. The summed E-state index contributed by atoms with van der Waals surface area (Å²) in [7, 11) is 0. The number of hydrogen-bond donors (Lipinski definition) is 0. The second-order valence-electron chi connectivity index (χ2n) is 22.0. The Hall–Kier alpha value is -3.15. The van der Waals surface area contributed by atoms with Crippen molar-refractivity contribution in [2.75, 3.05) is 13.2 Å². The van der Waals surface area contributed by atoms with Crippen molar-refractivity contribution in [1.29, 1.82) is 0 Å². The summed E-state index contributed by atoms with van der Waals surface area (Å²) in [5, 5.41) is 0. The topological polar surface area (TPSA) is 78.9 Å². The Morgan fingerprint density at radius 2 is 0.500 bits per heavy atom. The summed E-state index contributed by atoms with van der Waals surface area (Å²) in [5.41, 5.74) is 0. The lowest BCUT2D eigenvalue weighted by atomic mass is 10.0. The Morgan fingerprint density at radius 3 is 0.789 bits per heavy atom. The molecule has 0 aromatic heterocycles. The molecule has 0 heterocycles. The average Bonchev–Trinajstić information content (AvgIpc) is 3.42. The van der Waals surface area contributed by atoms with E-state index < -0.39 is 6.10 Å². The van der Waals surface area contributed by atoms with Crippen molar-refractivity contribution in [2.45, 2.75) is 341 Å². The molecule has 0 N–H and O–H groups in total. The van der Waals surface area contributed by atoms with Gasteiger partial charge in [0.25, 0.3) is 0 Å². The molecule has 0 aromatic carbocycles. The van der Waals surface area contributed by atoms with Crippen LogP contribution in [0.2, 0.25) is 0 Å². The number of carbonyl (C=O) groups is 3. The summed E-state index contributed by atoms with van der Waals surface area (Å²) >= 11 is 0. The molecule has 0 aliphatic rings. The zero-order valence-electron chi connectivity index (χ0n) is 50.5. The van der Waals surface area contributed by atoms with Crippen LogP contribution in [-0.4, -0.2) is 37.2 Å². The third-order valence-electron chi connectivity index (χ3n) is 14.4. The number of unbranched alkanes of at least 4 members (excludes halogenated alkanes) is 37. The Kier molecular flexibility index (Phi) is 61.7. The van der Waals surface area contributed by atoms with E-state index in [-0.39, 0.29) is 31.1 Å². The number of rotatable bonds is 60. The van der Waals surface area contributed by atoms with E-state index >= 15 is 0 Å². The Balaban J connectivity index is 4.26. The van der Waals surface area contributed by atoms with Crippen LogP contribution in [0.3, 0.4) is 0 Å². The van der Waals surface area contributed by atoms with Gasteiger partial charge in [0.1, 0.15) is 13.2 Å². The van der Waals surface area contributed by atoms with Gasteiger partial charge in [0.15, 0.2) is 6.10 Å². The van der Waals surface area contributed by atoms with Gasteiger partial charge < -0.3 is 14.2 Å². The second kappa shape index (κ2) is 64.4. The minimum atomic E-state index is -0.786. The van der Waals surface area contributed by atoms with Crippen LogP contribution >= 0.6 is 0 Å². The molecule has 0 aromatic rings. The fourth-order valence-electron chi connectivity index (χ4n) is 9.43. The van der Waals surface area contributed by atoms with Gasteiger partial charge in [-0.1, -0.05) is 280 Å². The summed E-state index contributed by atoms with van der Waals surface area (Å²) < 4.78 is 16.9. The summed E-state index contributed by atoms with van der Waals surface area (Å²) in [4.78, 5) is 38.3. The van der Waals surface area contributed by atoms with E-state index in [0.717, 1.165) is 103 Å². The fourth-order valence-corrected chi connectivity index (χ4v) is 9.43. The molecule has 0 spiro atoms. The molecular weight excluding hydrogens is 937 g/mol. The van der Waals surface area contributed by atoms with Crippen molar-refractivity contribution < 1.29 is 28.6 Å². The van der Waals surface area contributed by atoms with Gasteiger partial charge in [-0.25, -0.2) is 0 Å². The predicted octanol–water partition coefficient (Wildman–Crippen LogP) is 22.5. The molecule has 0 bridgehead atoms. The maximum atomic E-state index is 12.9. The fraction of sp³-hybridized carbons (Fsp3) is 0.786. The van der Waals surface area contributed by atoms with E-state index in [9.17, 15) is 14.4 Å². The van der Waals surface area contributed by atoms with Gasteiger partial charge >= 0.3 is 17.9 Å². The van der Waals surface area contributed by atoms with E-state index in [0.29, 0.717) is 19.3 Å². The van der Waals surface area contributed by atoms with E-state index in [1.165, 1.54) is 193 Å². The molecule has 0 aliphatic heterocycles. The lowest BCUT2D eigenvalue weighted by molar-refractivity contribution is -0.167. The van der Waals surface area contributed by atoms with Gasteiger partial charge in [0.2, 0.25) is 0 Å².